The molecule has 0 aliphatic carbocycles. The number of sulfone groups is 1. The minimum absolute atomic E-state index is 0.0598. The Morgan fingerprint density at radius 2 is 1.78 bits per heavy atom. The molecule has 0 aromatic heterocycles. The zero-order valence-electron chi connectivity index (χ0n) is 10.3. The summed E-state index contributed by atoms with van der Waals surface area (Å²) in [4.78, 5) is 11.4. The summed E-state index contributed by atoms with van der Waals surface area (Å²) in [7, 11) is -3.75. The second-order valence-electron chi connectivity index (χ2n) is 4.52. The molecule has 1 rings (SSSR count). The second-order valence-corrected chi connectivity index (χ2v) is 7.09. The lowest BCUT2D eigenvalue weighted by atomic mass is 10.1. The first-order valence-corrected chi connectivity index (χ1v) is 7.46. The zero-order chi connectivity index (χ0) is 13.9. The third-order valence-electron chi connectivity index (χ3n) is 2.52. The van der Waals surface area contributed by atoms with Crippen molar-refractivity contribution in [2.24, 2.45) is 11.7 Å². The first-order valence-electron chi connectivity index (χ1n) is 5.54. The van der Waals surface area contributed by atoms with Gasteiger partial charge in [0.25, 0.3) is 0 Å². The van der Waals surface area contributed by atoms with Gasteiger partial charge in [-0.15, -0.1) is 0 Å². The van der Waals surface area contributed by atoms with Crippen molar-refractivity contribution in [2.75, 3.05) is 0 Å². The molecule has 1 aromatic rings. The standard InChI is InChI=1S/C12H16ClNO3S/c1-8(2)7-11(12(14)15)18(16,17)10-5-3-9(13)4-6-10/h3-6,8,11H,7H2,1-2H3,(H2,14,15)/t11-/m1/s1. The summed E-state index contributed by atoms with van der Waals surface area (Å²) in [6, 6.07) is 5.71. The monoisotopic (exact) mass is 289 g/mol. The van der Waals surface area contributed by atoms with E-state index in [1.807, 2.05) is 13.8 Å². The first kappa shape index (κ1) is 15.0. The molecule has 1 aromatic carbocycles. The van der Waals surface area contributed by atoms with Crippen LogP contribution in [0.3, 0.4) is 0 Å². The number of benzene rings is 1. The van der Waals surface area contributed by atoms with Gasteiger partial charge in [0, 0.05) is 5.02 Å². The molecule has 0 saturated carbocycles. The Hall–Kier alpha value is -1.07. The van der Waals surface area contributed by atoms with E-state index < -0.39 is 21.0 Å². The van der Waals surface area contributed by atoms with Crippen molar-refractivity contribution >= 4 is 27.3 Å². The van der Waals surface area contributed by atoms with Crippen LogP contribution in [0.1, 0.15) is 20.3 Å². The average Bonchev–Trinajstić information content (AvgIpc) is 2.25. The van der Waals surface area contributed by atoms with Gasteiger partial charge >= 0.3 is 0 Å². The largest absolute Gasteiger partial charge is 0.369 e. The van der Waals surface area contributed by atoms with Gasteiger partial charge in [0.15, 0.2) is 9.84 Å². The number of rotatable bonds is 5. The molecule has 0 fully saturated rings. The molecule has 6 heteroatoms. The van der Waals surface area contributed by atoms with Crippen LogP contribution in [0.4, 0.5) is 0 Å². The molecular weight excluding hydrogens is 274 g/mol. The van der Waals surface area contributed by atoms with Gasteiger partial charge in [-0.1, -0.05) is 25.4 Å². The smallest absolute Gasteiger partial charge is 0.236 e. The molecule has 0 bridgehead atoms. The number of hydrogen-bond acceptors (Lipinski definition) is 3. The second kappa shape index (κ2) is 5.71. The van der Waals surface area contributed by atoms with Gasteiger partial charge in [0.2, 0.25) is 5.91 Å². The Labute approximate surface area is 112 Å². The highest BCUT2D eigenvalue weighted by molar-refractivity contribution is 7.92. The summed E-state index contributed by atoms with van der Waals surface area (Å²) in [6.45, 7) is 3.68. The summed E-state index contributed by atoms with van der Waals surface area (Å²) in [5.41, 5.74) is 5.19. The topological polar surface area (TPSA) is 77.2 Å². The molecule has 1 atom stereocenters. The van der Waals surface area contributed by atoms with E-state index in [4.69, 9.17) is 17.3 Å². The molecule has 18 heavy (non-hydrogen) atoms. The van der Waals surface area contributed by atoms with Gasteiger partial charge in [-0.05, 0) is 36.6 Å². The molecule has 0 radical (unpaired) electrons. The molecule has 0 aliphatic heterocycles. The lowest BCUT2D eigenvalue weighted by Gasteiger charge is -2.16. The Bertz CT molecular complexity index is 523. The van der Waals surface area contributed by atoms with E-state index in [0.717, 1.165) is 0 Å². The molecule has 1 amide bonds. The van der Waals surface area contributed by atoms with Crippen LogP contribution in [0, 0.1) is 5.92 Å². The number of hydrogen-bond donors (Lipinski definition) is 1. The fourth-order valence-electron chi connectivity index (χ4n) is 1.61. The van der Waals surface area contributed by atoms with Gasteiger partial charge in [0.1, 0.15) is 5.25 Å². The highest BCUT2D eigenvalue weighted by Crippen LogP contribution is 2.22. The van der Waals surface area contributed by atoms with Crippen molar-refractivity contribution in [1.29, 1.82) is 0 Å². The fraction of sp³-hybridized carbons (Fsp3) is 0.417. The van der Waals surface area contributed by atoms with E-state index in [2.05, 4.69) is 0 Å². The number of carbonyl (C=O) groups excluding carboxylic acids is 1. The Morgan fingerprint density at radius 1 is 1.28 bits per heavy atom. The number of primary amides is 1. The van der Waals surface area contributed by atoms with Crippen LogP contribution < -0.4 is 5.73 Å². The molecule has 2 N–H and O–H groups in total. The van der Waals surface area contributed by atoms with Crippen LogP contribution in [-0.4, -0.2) is 19.6 Å². The molecular formula is C12H16ClNO3S. The summed E-state index contributed by atoms with van der Waals surface area (Å²) >= 11 is 5.70. The highest BCUT2D eigenvalue weighted by Gasteiger charge is 2.32. The highest BCUT2D eigenvalue weighted by atomic mass is 35.5. The molecule has 4 nitrogen and oxygen atoms in total. The third kappa shape index (κ3) is 3.46. The predicted molar refractivity (Wildman–Crippen MR) is 71.1 cm³/mol. The van der Waals surface area contributed by atoms with Gasteiger partial charge < -0.3 is 5.73 Å². The number of carbonyl (C=O) groups is 1. The molecule has 100 valence electrons. The van der Waals surface area contributed by atoms with E-state index in [-0.39, 0.29) is 17.2 Å². The van der Waals surface area contributed by atoms with E-state index in [0.29, 0.717) is 5.02 Å². The summed E-state index contributed by atoms with van der Waals surface area (Å²) in [5.74, 6) is -0.761. The zero-order valence-corrected chi connectivity index (χ0v) is 11.8. The predicted octanol–water partition coefficient (Wildman–Crippen LogP) is 2.01. The first-order chi connectivity index (χ1) is 8.25. The van der Waals surface area contributed by atoms with Crippen molar-refractivity contribution in [3.63, 3.8) is 0 Å². The molecule has 0 unspecified atom stereocenters. The Morgan fingerprint density at radius 3 is 2.17 bits per heavy atom. The van der Waals surface area contributed by atoms with Gasteiger partial charge in [0.05, 0.1) is 4.90 Å². The van der Waals surface area contributed by atoms with Crippen molar-refractivity contribution in [1.82, 2.24) is 0 Å². The van der Waals surface area contributed by atoms with Crippen molar-refractivity contribution < 1.29 is 13.2 Å². The maximum Gasteiger partial charge on any atom is 0.236 e. The van der Waals surface area contributed by atoms with Gasteiger partial charge in [-0.25, -0.2) is 8.42 Å². The summed E-state index contributed by atoms with van der Waals surface area (Å²) in [5, 5.41) is -0.757. The number of amides is 1. The summed E-state index contributed by atoms with van der Waals surface area (Å²) in [6.07, 6.45) is 0.209. The quantitative estimate of drug-likeness (QED) is 0.901. The van der Waals surface area contributed by atoms with Crippen LogP contribution in [0.2, 0.25) is 5.02 Å². The molecule has 0 spiro atoms. The minimum atomic E-state index is -3.75. The van der Waals surface area contributed by atoms with Crippen molar-refractivity contribution in [3.8, 4) is 0 Å². The molecule has 0 saturated heterocycles. The van der Waals surface area contributed by atoms with Crippen LogP contribution in [0.15, 0.2) is 29.2 Å². The third-order valence-corrected chi connectivity index (χ3v) is 4.87. The van der Waals surface area contributed by atoms with Crippen LogP contribution in [-0.2, 0) is 14.6 Å². The van der Waals surface area contributed by atoms with Gasteiger partial charge in [-0.3, -0.25) is 4.79 Å². The SMILES string of the molecule is CC(C)C[C@H](C(N)=O)S(=O)(=O)c1ccc(Cl)cc1. The van der Waals surface area contributed by atoms with Crippen LogP contribution >= 0.6 is 11.6 Å². The van der Waals surface area contributed by atoms with Crippen LogP contribution in [0.25, 0.3) is 0 Å². The van der Waals surface area contributed by atoms with Crippen molar-refractivity contribution in [2.45, 2.75) is 30.4 Å². The summed E-state index contributed by atoms with van der Waals surface area (Å²) < 4.78 is 24.6. The fourth-order valence-corrected chi connectivity index (χ4v) is 3.53. The Balaban J connectivity index is 3.17. The van der Waals surface area contributed by atoms with Gasteiger partial charge in [-0.2, -0.15) is 0 Å². The molecule has 0 heterocycles. The number of nitrogens with two attached hydrogens (primary N) is 1. The van der Waals surface area contributed by atoms with Crippen molar-refractivity contribution in [3.05, 3.63) is 29.3 Å². The van der Waals surface area contributed by atoms with E-state index in [1.54, 1.807) is 0 Å². The van der Waals surface area contributed by atoms with Crippen LogP contribution in [0.5, 0.6) is 0 Å². The lowest BCUT2D eigenvalue weighted by molar-refractivity contribution is -0.117. The maximum atomic E-state index is 12.3. The van der Waals surface area contributed by atoms with E-state index in [9.17, 15) is 13.2 Å². The number of halogens is 1. The Kier molecular flexibility index (Phi) is 4.76. The average molecular weight is 290 g/mol. The minimum Gasteiger partial charge on any atom is -0.369 e. The van der Waals surface area contributed by atoms with E-state index >= 15 is 0 Å². The normalized spacial score (nSPS) is 13.6. The van der Waals surface area contributed by atoms with E-state index in [1.165, 1.54) is 24.3 Å². The lowest BCUT2D eigenvalue weighted by Crippen LogP contribution is -2.37. The molecule has 0 aliphatic rings. The maximum absolute atomic E-state index is 12.3.